The Morgan fingerprint density at radius 2 is 0.623 bits per heavy atom. The summed E-state index contributed by atoms with van der Waals surface area (Å²) in [6.07, 6.45) is 21.2. The number of aromatic nitrogens is 18. The molecule has 0 atom stereocenters. The van der Waals surface area contributed by atoms with Gasteiger partial charge in [-0.15, -0.1) is 24.8 Å². The van der Waals surface area contributed by atoms with Crippen LogP contribution in [0.3, 0.4) is 0 Å². The summed E-state index contributed by atoms with van der Waals surface area (Å²) < 4.78 is 23.1. The molecular formula is C72H102Cl3N33O6. The number of fused-ring (bicyclic) bond motifs is 3. The van der Waals surface area contributed by atoms with Crippen molar-refractivity contribution in [2.24, 2.45) is 0 Å². The first kappa shape index (κ1) is 82.3. The molecule has 9 saturated heterocycles. The second kappa shape index (κ2) is 38.2. The van der Waals surface area contributed by atoms with E-state index in [1.807, 2.05) is 45.6 Å². The maximum Gasteiger partial charge on any atom is 0.320 e. The Bertz CT molecular complexity index is 4440. The number of likely N-dealkylation sites (tertiary alicyclic amines) is 2. The molecular weight excluding hydrogens is 1530 g/mol. The second-order valence-corrected chi connectivity index (χ2v) is 29.8. The number of urea groups is 2. The average Bonchev–Trinajstić information content (AvgIpc) is 1.60. The van der Waals surface area contributed by atoms with Crippen LogP contribution < -0.4 is 37.2 Å². The summed E-state index contributed by atoms with van der Waals surface area (Å²) >= 11 is 5.27. The number of amides is 5. The number of ether oxygens (including phenoxy) is 3. The fourth-order valence-corrected chi connectivity index (χ4v) is 15.5. The van der Waals surface area contributed by atoms with Gasteiger partial charge in [-0.1, -0.05) is 0 Å². The largest absolute Gasteiger partial charge is 0.378 e. The Kier molecular flexibility index (Phi) is 27.5. The van der Waals surface area contributed by atoms with Gasteiger partial charge in [0.1, 0.15) is 33.6 Å². The number of piperidine rings is 3. The van der Waals surface area contributed by atoms with Gasteiger partial charge in [-0.3, -0.25) is 4.79 Å². The fraction of sp³-hybridized carbons (Fsp3) is 0.583. The minimum absolute atomic E-state index is 0. The molecule has 9 aromatic rings. The highest BCUT2D eigenvalue weighted by Crippen LogP contribution is 2.36. The van der Waals surface area contributed by atoms with Gasteiger partial charge in [-0.2, -0.15) is 15.0 Å². The summed E-state index contributed by atoms with van der Waals surface area (Å²) in [5.41, 5.74) is 26.1. The lowest BCUT2D eigenvalue weighted by Gasteiger charge is -2.39. The molecule has 18 heterocycles. The minimum Gasteiger partial charge on any atom is -0.378 e. The number of halogens is 3. The normalized spacial score (nSPS) is 19.5. The Hall–Kier alpha value is -9.71. The number of anilines is 6. The van der Waals surface area contributed by atoms with Crippen LogP contribution in [0.4, 0.5) is 50.1 Å². The predicted octanol–water partition coefficient (Wildman–Crippen LogP) is 3.48. The van der Waals surface area contributed by atoms with E-state index in [0.29, 0.717) is 85.9 Å². The van der Waals surface area contributed by atoms with Crippen LogP contribution in [0.2, 0.25) is 0 Å². The van der Waals surface area contributed by atoms with Gasteiger partial charge >= 0.3 is 17.4 Å². The van der Waals surface area contributed by atoms with Crippen molar-refractivity contribution in [1.82, 2.24) is 133 Å². The first-order valence-electron chi connectivity index (χ1n) is 38.9. The number of nitrogen functional groups attached to an aromatic ring is 3. The van der Waals surface area contributed by atoms with Crippen LogP contribution in [0.25, 0.3) is 67.3 Å². The van der Waals surface area contributed by atoms with Crippen LogP contribution in [0, 0.1) is 0 Å². The number of piperazine rings is 3. The van der Waals surface area contributed by atoms with Gasteiger partial charge in [0.25, 0.3) is 0 Å². The monoisotopic (exact) mass is 1630 g/mol. The van der Waals surface area contributed by atoms with E-state index in [1.165, 1.54) is 0 Å². The van der Waals surface area contributed by atoms with Gasteiger partial charge < -0.3 is 104 Å². The average molecular weight is 1630 g/mol. The highest BCUT2D eigenvalue weighted by Gasteiger charge is 2.34. The van der Waals surface area contributed by atoms with Gasteiger partial charge in [0.05, 0.1) is 58.6 Å². The number of morpholine rings is 3. The molecule has 0 radical (unpaired) electrons. The lowest BCUT2D eigenvalue weighted by Crippen LogP contribution is -2.53. The molecule has 0 aromatic carbocycles. The standard InChI is InChI=1S/2C24H33N11O2.C18H23N9O.C6H11ClN2O.2ClH/c2*1-31-6-8-34(9-7-31)24(36)33-4-2-18(3-5-33)35-16-28-20-19(17-14-26-22(25)27-15-17)29-23(30-21(20)35)32-10-12-37-13-11-32;19-17-21-9-12(10-22-17)14-15-16(25-18(24-14)26-5-7-28-8-6-26)27(11-23-15)13-1-3-20-4-2-13;1-8-2-4-9(5-3-8)6(7)10;;/h2*14-16,18H,2-13H2,1H3,(H2,25,26,27);9-11,13,20H,1-8H2,(H2,19,21,22);2-5H2,1H3;2*1H. The Labute approximate surface area is 677 Å². The number of rotatable bonds is 9. The summed E-state index contributed by atoms with van der Waals surface area (Å²) in [6, 6.07) is 1.09. The topological polar surface area (TPSA) is 413 Å². The third kappa shape index (κ3) is 19.3. The molecule has 9 aliphatic rings. The van der Waals surface area contributed by atoms with E-state index in [4.69, 9.17) is 82.9 Å². The van der Waals surface area contributed by atoms with Crippen molar-refractivity contribution >= 4 is 123 Å². The highest BCUT2D eigenvalue weighted by molar-refractivity contribution is 6.62. The van der Waals surface area contributed by atoms with Crippen molar-refractivity contribution in [2.75, 3.05) is 250 Å². The summed E-state index contributed by atoms with van der Waals surface area (Å²) in [4.78, 5) is 128. The molecule has 0 aliphatic carbocycles. The van der Waals surface area contributed by atoms with Crippen LogP contribution in [0.15, 0.2) is 56.2 Å². The molecule has 18 rings (SSSR count). The minimum atomic E-state index is -0.326. The van der Waals surface area contributed by atoms with Crippen LogP contribution >= 0.6 is 36.4 Å². The molecule has 7 N–H and O–H groups in total. The van der Waals surface area contributed by atoms with Gasteiger partial charge in [0, 0.05) is 216 Å². The van der Waals surface area contributed by atoms with Crippen molar-refractivity contribution in [3.05, 3.63) is 56.2 Å². The summed E-state index contributed by atoms with van der Waals surface area (Å²) in [7, 11) is 6.24. The van der Waals surface area contributed by atoms with Crippen LogP contribution in [0.5, 0.6) is 0 Å². The second-order valence-electron chi connectivity index (χ2n) is 29.5. The number of hydrogen-bond acceptors (Lipinski definition) is 31. The van der Waals surface area contributed by atoms with Crippen molar-refractivity contribution < 1.29 is 28.6 Å². The molecule has 5 amide bonds. The van der Waals surface area contributed by atoms with Gasteiger partial charge in [0.2, 0.25) is 35.7 Å². The molecule has 0 saturated carbocycles. The Morgan fingerprint density at radius 1 is 0.360 bits per heavy atom. The van der Waals surface area contributed by atoms with E-state index < -0.39 is 0 Å². The summed E-state index contributed by atoms with van der Waals surface area (Å²) in [5.74, 6) is 2.65. The Balaban J connectivity index is 0.000000140. The molecule has 9 aliphatic heterocycles. The summed E-state index contributed by atoms with van der Waals surface area (Å²) in [6.45, 7) is 23.5. The van der Waals surface area contributed by atoms with Crippen molar-refractivity contribution in [1.29, 1.82) is 0 Å². The molecule has 114 heavy (non-hydrogen) atoms. The number of carbonyl (C=O) groups excluding carboxylic acids is 3. The molecule has 612 valence electrons. The molecule has 39 nitrogen and oxygen atoms in total. The molecule has 0 spiro atoms. The van der Waals surface area contributed by atoms with E-state index in [2.05, 4.69) is 97.4 Å². The van der Waals surface area contributed by atoms with E-state index in [1.54, 1.807) is 42.1 Å². The molecule has 9 fully saturated rings. The van der Waals surface area contributed by atoms with E-state index in [9.17, 15) is 14.4 Å². The lowest BCUT2D eigenvalue weighted by atomic mass is 10.0. The third-order valence-corrected chi connectivity index (χ3v) is 22.4. The molecule has 9 aromatic heterocycles. The first-order valence-corrected chi connectivity index (χ1v) is 39.2. The number of imidazole rings is 3. The number of carbonyl (C=O) groups is 3. The zero-order valence-electron chi connectivity index (χ0n) is 64.7. The maximum absolute atomic E-state index is 13.1. The zero-order valence-corrected chi connectivity index (χ0v) is 67.1. The quantitative estimate of drug-likeness (QED) is 0.119. The number of likely N-dealkylation sites (N-methyl/N-ethyl adjacent to an activating group) is 3. The Morgan fingerprint density at radius 3 is 0.904 bits per heavy atom. The molecule has 0 unspecified atom stereocenters. The molecule has 0 bridgehead atoms. The van der Waals surface area contributed by atoms with Crippen molar-refractivity contribution in [2.45, 2.75) is 56.7 Å². The number of nitrogens with two attached hydrogens (primary N) is 3. The zero-order chi connectivity index (χ0) is 77.2. The first-order chi connectivity index (χ1) is 54.6. The number of nitrogens with one attached hydrogen (secondary N) is 1. The number of nitrogens with zero attached hydrogens (tertiary/aromatic N) is 29. The molecule has 42 heteroatoms. The van der Waals surface area contributed by atoms with Gasteiger partial charge in [0.15, 0.2) is 16.9 Å². The van der Waals surface area contributed by atoms with E-state index in [0.717, 1.165) is 240 Å². The predicted molar refractivity (Wildman–Crippen MR) is 436 cm³/mol. The fourth-order valence-electron chi connectivity index (χ4n) is 15.3. The van der Waals surface area contributed by atoms with Crippen molar-refractivity contribution in [3.63, 3.8) is 0 Å². The smallest absolute Gasteiger partial charge is 0.320 e. The van der Waals surface area contributed by atoms with E-state index in [-0.39, 0.29) is 72.2 Å². The van der Waals surface area contributed by atoms with Crippen LogP contribution in [0.1, 0.15) is 56.7 Å². The van der Waals surface area contributed by atoms with Gasteiger partial charge in [-0.25, -0.2) is 69.4 Å². The summed E-state index contributed by atoms with van der Waals surface area (Å²) in [5, 5.41) is 3.09. The number of hydrogen-bond donors (Lipinski definition) is 4. The highest BCUT2D eigenvalue weighted by atomic mass is 35.5. The maximum atomic E-state index is 13.1. The van der Waals surface area contributed by atoms with Crippen molar-refractivity contribution in [3.8, 4) is 33.8 Å². The SMILES string of the molecule is CN1CCN(C(=O)Cl)CC1.CN1CCN(C(=O)N2CCC(n3cnc4c(-c5cnc(N)nc5)nc(N5CCOCC5)nc43)CC2)CC1.CN1CCN(C(=O)N2CCC(n3cnc4c(-c5cnc(N)nc5)nc(N5CCOCC5)nc43)CC2)CC1.Cl.Cl.Nc1ncc(-c2nc(N3CCOCC3)nc3c2ncn3C2CCNCC2)cn1. The lowest BCUT2D eigenvalue weighted by molar-refractivity contribution is 0.109. The van der Waals surface area contributed by atoms with Gasteiger partial charge in [-0.05, 0) is 84.4 Å². The van der Waals surface area contributed by atoms with Crippen LogP contribution in [-0.2, 0) is 14.2 Å². The third-order valence-electron chi connectivity index (χ3n) is 22.2. The van der Waals surface area contributed by atoms with E-state index >= 15 is 0 Å². The van der Waals surface area contributed by atoms with Crippen LogP contribution in [-0.4, -0.2) is 363 Å².